The van der Waals surface area contributed by atoms with E-state index in [4.69, 9.17) is 5.11 Å². The molecule has 0 heterocycles. The molecule has 0 aliphatic rings. The summed E-state index contributed by atoms with van der Waals surface area (Å²) in [5.74, 6) is 0.306. The van der Waals surface area contributed by atoms with E-state index in [2.05, 4.69) is 5.32 Å². The van der Waals surface area contributed by atoms with Crippen LogP contribution in [0.25, 0.3) is 0 Å². The molecule has 17 heavy (non-hydrogen) atoms. The molecule has 1 atom stereocenters. The molecule has 0 bridgehead atoms. The molecule has 0 saturated carbocycles. The van der Waals surface area contributed by atoms with Gasteiger partial charge in [0.25, 0.3) is 0 Å². The van der Waals surface area contributed by atoms with Crippen LogP contribution in [0.5, 0.6) is 5.75 Å². The number of aromatic hydroxyl groups is 1. The Morgan fingerprint density at radius 1 is 1.41 bits per heavy atom. The first kappa shape index (κ1) is 13.8. The summed E-state index contributed by atoms with van der Waals surface area (Å²) in [5, 5.41) is 21.8. The lowest BCUT2D eigenvalue weighted by molar-refractivity contribution is 0.290. The molecule has 0 aliphatic heterocycles. The van der Waals surface area contributed by atoms with Crippen molar-refractivity contribution in [1.29, 1.82) is 0 Å². The molecule has 4 nitrogen and oxygen atoms in total. The van der Waals surface area contributed by atoms with Gasteiger partial charge in [0.15, 0.2) is 0 Å². The lowest BCUT2D eigenvalue weighted by Gasteiger charge is -2.21. The predicted molar refractivity (Wildman–Crippen MR) is 70.6 cm³/mol. The molecule has 0 radical (unpaired) electrons. The molecule has 0 amide bonds. The molecule has 0 fully saturated rings. The number of nitrogens with zero attached hydrogens (tertiary/aromatic N) is 1. The summed E-state index contributed by atoms with van der Waals surface area (Å²) in [6.07, 6.45) is 0.728. The zero-order chi connectivity index (χ0) is 12.8. The number of aliphatic hydroxyl groups excluding tert-OH is 1. The highest BCUT2D eigenvalue weighted by Gasteiger charge is 2.10. The summed E-state index contributed by atoms with van der Waals surface area (Å²) in [6.45, 7) is 2.96. The van der Waals surface area contributed by atoms with Crippen molar-refractivity contribution < 1.29 is 10.2 Å². The summed E-state index contributed by atoms with van der Waals surface area (Å²) in [5.41, 5.74) is 1.86. The fourth-order valence-corrected chi connectivity index (χ4v) is 1.73. The number of hydrogen-bond donors (Lipinski definition) is 3. The molecular formula is C13H22N2O2. The Labute approximate surface area is 103 Å². The molecule has 1 aromatic carbocycles. The third-order valence-electron chi connectivity index (χ3n) is 3.01. The van der Waals surface area contributed by atoms with E-state index in [1.54, 1.807) is 6.07 Å². The zero-order valence-electron chi connectivity index (χ0n) is 10.8. The second-order valence-electron chi connectivity index (χ2n) is 4.25. The molecule has 1 unspecified atom stereocenters. The van der Waals surface area contributed by atoms with Crippen molar-refractivity contribution >= 4 is 5.69 Å². The third-order valence-corrected chi connectivity index (χ3v) is 3.01. The van der Waals surface area contributed by atoms with Gasteiger partial charge < -0.3 is 20.4 Å². The van der Waals surface area contributed by atoms with Gasteiger partial charge in [-0.1, -0.05) is 6.07 Å². The van der Waals surface area contributed by atoms with Gasteiger partial charge in [0.05, 0.1) is 0 Å². The van der Waals surface area contributed by atoms with Gasteiger partial charge in [-0.05, 0) is 26.5 Å². The molecule has 1 aromatic rings. The Morgan fingerprint density at radius 3 is 2.65 bits per heavy atom. The predicted octanol–water partition coefficient (Wildman–Crippen LogP) is 1.49. The fraction of sp³-hybridized carbons (Fsp3) is 0.538. The first-order valence-electron chi connectivity index (χ1n) is 5.92. The Bertz CT molecular complexity index is 355. The quantitative estimate of drug-likeness (QED) is 0.703. The number of benzene rings is 1. The highest BCUT2D eigenvalue weighted by molar-refractivity contribution is 5.53. The van der Waals surface area contributed by atoms with Gasteiger partial charge in [0, 0.05) is 43.6 Å². The van der Waals surface area contributed by atoms with Crippen LogP contribution in [0, 0.1) is 0 Å². The maximum absolute atomic E-state index is 9.95. The van der Waals surface area contributed by atoms with Crippen LogP contribution in [0.1, 0.15) is 24.9 Å². The Morgan fingerprint density at radius 2 is 2.12 bits per heavy atom. The normalized spacial score (nSPS) is 12.5. The monoisotopic (exact) mass is 238 g/mol. The van der Waals surface area contributed by atoms with Gasteiger partial charge in [-0.25, -0.2) is 0 Å². The van der Waals surface area contributed by atoms with Crippen molar-refractivity contribution in [1.82, 2.24) is 5.32 Å². The van der Waals surface area contributed by atoms with E-state index >= 15 is 0 Å². The van der Waals surface area contributed by atoms with Crippen LogP contribution >= 0.6 is 0 Å². The van der Waals surface area contributed by atoms with E-state index in [1.807, 2.05) is 38.1 Å². The van der Waals surface area contributed by atoms with Crippen molar-refractivity contribution in [2.75, 3.05) is 32.1 Å². The largest absolute Gasteiger partial charge is 0.508 e. The number of rotatable bonds is 6. The van der Waals surface area contributed by atoms with Gasteiger partial charge in [0.1, 0.15) is 5.75 Å². The minimum atomic E-state index is 0.131. The van der Waals surface area contributed by atoms with Crippen molar-refractivity contribution in [3.63, 3.8) is 0 Å². The van der Waals surface area contributed by atoms with Crippen molar-refractivity contribution in [3.8, 4) is 5.75 Å². The van der Waals surface area contributed by atoms with E-state index in [1.165, 1.54) is 0 Å². The molecular weight excluding hydrogens is 216 g/mol. The lowest BCUT2D eigenvalue weighted by Crippen LogP contribution is -2.19. The molecule has 96 valence electrons. The minimum Gasteiger partial charge on any atom is -0.508 e. The fourth-order valence-electron chi connectivity index (χ4n) is 1.73. The molecule has 0 aromatic heterocycles. The van der Waals surface area contributed by atoms with Crippen molar-refractivity contribution in [2.24, 2.45) is 0 Å². The van der Waals surface area contributed by atoms with Crippen molar-refractivity contribution in [3.05, 3.63) is 23.8 Å². The minimum absolute atomic E-state index is 0.131. The van der Waals surface area contributed by atoms with Gasteiger partial charge in [0.2, 0.25) is 0 Å². The number of hydrogen-bond acceptors (Lipinski definition) is 4. The summed E-state index contributed by atoms with van der Waals surface area (Å²) < 4.78 is 0. The van der Waals surface area contributed by atoms with Crippen LogP contribution in [0.2, 0.25) is 0 Å². The van der Waals surface area contributed by atoms with E-state index < -0.39 is 0 Å². The van der Waals surface area contributed by atoms with Crippen LogP contribution in [-0.4, -0.2) is 37.5 Å². The standard InChI is InChI=1S/C13H22N2O2/c1-10(14-2)12-6-5-11(9-13(12)17)15(3)7-4-8-16/h5-6,9-10,14,16-17H,4,7-8H2,1-3H3. The van der Waals surface area contributed by atoms with Gasteiger partial charge >= 0.3 is 0 Å². The number of nitrogens with one attached hydrogen (secondary N) is 1. The Kier molecular flexibility index (Phi) is 5.25. The number of anilines is 1. The molecule has 0 spiro atoms. The third kappa shape index (κ3) is 3.61. The van der Waals surface area contributed by atoms with Crippen LogP contribution in [0.3, 0.4) is 0 Å². The number of phenols is 1. The summed E-state index contributed by atoms with van der Waals surface area (Å²) >= 11 is 0. The van der Waals surface area contributed by atoms with Gasteiger partial charge in [-0.15, -0.1) is 0 Å². The molecule has 1 rings (SSSR count). The maximum atomic E-state index is 9.95. The second kappa shape index (κ2) is 6.47. The molecule has 3 N–H and O–H groups in total. The average Bonchev–Trinajstić information content (AvgIpc) is 2.34. The summed E-state index contributed by atoms with van der Waals surface area (Å²) in [4.78, 5) is 2.02. The second-order valence-corrected chi connectivity index (χ2v) is 4.25. The smallest absolute Gasteiger partial charge is 0.122 e. The van der Waals surface area contributed by atoms with Gasteiger partial charge in [-0.2, -0.15) is 0 Å². The van der Waals surface area contributed by atoms with Crippen molar-refractivity contribution in [2.45, 2.75) is 19.4 Å². The highest BCUT2D eigenvalue weighted by Crippen LogP contribution is 2.28. The van der Waals surface area contributed by atoms with E-state index in [0.29, 0.717) is 5.75 Å². The summed E-state index contributed by atoms with van der Waals surface area (Å²) in [7, 11) is 3.82. The van der Waals surface area contributed by atoms with E-state index in [0.717, 1.165) is 24.2 Å². The topological polar surface area (TPSA) is 55.7 Å². The van der Waals surface area contributed by atoms with Crippen LogP contribution in [0.4, 0.5) is 5.69 Å². The first-order valence-corrected chi connectivity index (χ1v) is 5.92. The Balaban J connectivity index is 2.81. The highest BCUT2D eigenvalue weighted by atomic mass is 16.3. The zero-order valence-corrected chi connectivity index (χ0v) is 10.8. The molecule has 0 aliphatic carbocycles. The summed E-state index contributed by atoms with van der Waals surface area (Å²) in [6, 6.07) is 5.81. The Hall–Kier alpha value is -1.26. The van der Waals surface area contributed by atoms with Crippen LogP contribution in [-0.2, 0) is 0 Å². The van der Waals surface area contributed by atoms with Crippen LogP contribution in [0.15, 0.2) is 18.2 Å². The maximum Gasteiger partial charge on any atom is 0.122 e. The molecule has 0 saturated heterocycles. The first-order chi connectivity index (χ1) is 8.10. The number of phenolic OH excluding ortho intramolecular Hbond substituents is 1. The average molecular weight is 238 g/mol. The van der Waals surface area contributed by atoms with Gasteiger partial charge in [-0.3, -0.25) is 0 Å². The molecule has 4 heteroatoms. The van der Waals surface area contributed by atoms with E-state index in [9.17, 15) is 5.11 Å². The van der Waals surface area contributed by atoms with Crippen LogP contribution < -0.4 is 10.2 Å². The van der Waals surface area contributed by atoms with E-state index in [-0.39, 0.29) is 12.6 Å². The number of aliphatic hydroxyl groups is 1. The SMILES string of the molecule is CNC(C)c1ccc(N(C)CCCO)cc1O. The lowest BCUT2D eigenvalue weighted by atomic mass is 10.1.